The van der Waals surface area contributed by atoms with E-state index >= 15 is 0 Å². The van der Waals surface area contributed by atoms with Crippen molar-refractivity contribution in [1.29, 1.82) is 0 Å². The molecule has 1 saturated heterocycles. The summed E-state index contributed by atoms with van der Waals surface area (Å²) in [5.74, 6) is -0.537. The van der Waals surface area contributed by atoms with Crippen molar-refractivity contribution in [1.82, 2.24) is 9.88 Å². The smallest absolute Gasteiger partial charge is 0.246 e. The minimum Gasteiger partial charge on any atom is -0.497 e. The van der Waals surface area contributed by atoms with Crippen LogP contribution in [0.5, 0.6) is 5.75 Å². The Morgan fingerprint density at radius 3 is 2.38 bits per heavy atom. The van der Waals surface area contributed by atoms with Crippen LogP contribution in [0, 0.1) is 18.8 Å². The van der Waals surface area contributed by atoms with Gasteiger partial charge in [-0.25, -0.2) is 4.98 Å². The van der Waals surface area contributed by atoms with Gasteiger partial charge in [0, 0.05) is 10.4 Å². The number of methoxy groups -OCH3 is 1. The summed E-state index contributed by atoms with van der Waals surface area (Å²) in [6, 6.07) is 7.54. The summed E-state index contributed by atoms with van der Waals surface area (Å²) in [6.07, 6.45) is 3.41. The van der Waals surface area contributed by atoms with E-state index in [1.54, 1.807) is 7.11 Å². The van der Waals surface area contributed by atoms with E-state index in [-0.39, 0.29) is 30.2 Å². The van der Waals surface area contributed by atoms with Gasteiger partial charge < -0.3 is 10.1 Å². The molecule has 8 heteroatoms. The molecule has 7 nitrogen and oxygen atoms in total. The number of hydrogen-bond acceptors (Lipinski definition) is 6. The highest BCUT2D eigenvalue weighted by atomic mass is 32.1. The molecule has 1 saturated carbocycles. The number of amides is 3. The van der Waals surface area contributed by atoms with E-state index < -0.39 is 5.91 Å². The molecule has 2 atom stereocenters. The van der Waals surface area contributed by atoms with Crippen molar-refractivity contribution in [2.24, 2.45) is 11.8 Å². The van der Waals surface area contributed by atoms with Crippen molar-refractivity contribution in [3.05, 3.63) is 29.1 Å². The van der Waals surface area contributed by atoms with Crippen molar-refractivity contribution in [3.63, 3.8) is 0 Å². The number of thiazole rings is 1. The Bertz CT molecular complexity index is 929. The SMILES string of the molecule is COc1ccc(-c2nc(NC(=O)CN3C(=O)[C@H]4CCCC[C@@H]4C3=O)sc2C)cc1. The fourth-order valence-corrected chi connectivity index (χ4v) is 5.01. The minimum absolute atomic E-state index is 0.205. The second-order valence-electron chi connectivity index (χ2n) is 7.46. The summed E-state index contributed by atoms with van der Waals surface area (Å²) in [5.41, 5.74) is 1.71. The van der Waals surface area contributed by atoms with Gasteiger partial charge >= 0.3 is 0 Å². The molecule has 2 heterocycles. The monoisotopic (exact) mass is 413 g/mol. The molecule has 1 aromatic heterocycles. The average molecular weight is 413 g/mol. The van der Waals surface area contributed by atoms with Gasteiger partial charge in [0.2, 0.25) is 17.7 Å². The van der Waals surface area contributed by atoms with E-state index in [4.69, 9.17) is 4.74 Å². The van der Waals surface area contributed by atoms with Crippen LogP contribution in [-0.2, 0) is 14.4 Å². The van der Waals surface area contributed by atoms with Gasteiger partial charge in [0.05, 0.1) is 24.6 Å². The molecule has 2 fully saturated rings. The molecule has 0 radical (unpaired) electrons. The molecule has 4 rings (SSSR count). The first-order chi connectivity index (χ1) is 14.0. The first-order valence-electron chi connectivity index (χ1n) is 9.75. The third-order valence-electron chi connectivity index (χ3n) is 5.64. The van der Waals surface area contributed by atoms with Crippen LogP contribution in [0.15, 0.2) is 24.3 Å². The molecule has 0 unspecified atom stereocenters. The topological polar surface area (TPSA) is 88.6 Å². The molecule has 0 spiro atoms. The molecular formula is C21H23N3O4S. The van der Waals surface area contributed by atoms with E-state index in [9.17, 15) is 14.4 Å². The number of hydrogen-bond donors (Lipinski definition) is 1. The van der Waals surface area contributed by atoms with Crippen LogP contribution in [0.3, 0.4) is 0 Å². The fourth-order valence-electron chi connectivity index (χ4n) is 4.16. The number of anilines is 1. The Hall–Kier alpha value is -2.74. The normalized spacial score (nSPS) is 21.2. The number of carbonyl (C=O) groups excluding carboxylic acids is 3. The lowest BCUT2D eigenvalue weighted by Gasteiger charge is -2.19. The highest BCUT2D eigenvalue weighted by molar-refractivity contribution is 7.16. The fraction of sp³-hybridized carbons (Fsp3) is 0.429. The highest BCUT2D eigenvalue weighted by Gasteiger charge is 2.48. The number of benzene rings is 1. The van der Waals surface area contributed by atoms with E-state index in [0.29, 0.717) is 5.13 Å². The Labute approximate surface area is 173 Å². The molecule has 1 aliphatic carbocycles. The van der Waals surface area contributed by atoms with Crippen LogP contribution in [0.25, 0.3) is 11.3 Å². The van der Waals surface area contributed by atoms with Gasteiger partial charge in [0.15, 0.2) is 5.13 Å². The van der Waals surface area contributed by atoms with E-state index in [1.165, 1.54) is 11.3 Å². The number of ether oxygens (including phenoxy) is 1. The Balaban J connectivity index is 1.44. The van der Waals surface area contributed by atoms with Gasteiger partial charge in [-0.1, -0.05) is 12.8 Å². The molecule has 2 aromatic rings. The van der Waals surface area contributed by atoms with Crippen LogP contribution in [0.1, 0.15) is 30.6 Å². The number of imide groups is 1. The molecular weight excluding hydrogens is 390 g/mol. The van der Waals surface area contributed by atoms with E-state index in [1.807, 2.05) is 31.2 Å². The summed E-state index contributed by atoms with van der Waals surface area (Å²) < 4.78 is 5.17. The maximum absolute atomic E-state index is 12.5. The molecule has 1 aliphatic heterocycles. The number of likely N-dealkylation sites (tertiary alicyclic amines) is 1. The second-order valence-corrected chi connectivity index (χ2v) is 8.66. The number of nitrogens with zero attached hydrogens (tertiary/aromatic N) is 2. The Morgan fingerprint density at radius 1 is 1.17 bits per heavy atom. The van der Waals surface area contributed by atoms with Gasteiger partial charge in [-0.05, 0) is 44.0 Å². The van der Waals surface area contributed by atoms with Gasteiger partial charge in [-0.2, -0.15) is 0 Å². The third kappa shape index (κ3) is 3.76. The van der Waals surface area contributed by atoms with Crippen LogP contribution in [0.4, 0.5) is 5.13 Å². The van der Waals surface area contributed by atoms with Gasteiger partial charge in [-0.3, -0.25) is 19.3 Å². The number of fused-ring (bicyclic) bond motifs is 1. The van der Waals surface area contributed by atoms with Crippen molar-refractivity contribution in [3.8, 4) is 17.0 Å². The van der Waals surface area contributed by atoms with Gasteiger partial charge in [0.1, 0.15) is 12.3 Å². The quantitative estimate of drug-likeness (QED) is 0.760. The lowest BCUT2D eigenvalue weighted by molar-refractivity contribution is -0.142. The predicted molar refractivity (Wildman–Crippen MR) is 110 cm³/mol. The third-order valence-corrected chi connectivity index (χ3v) is 6.53. The van der Waals surface area contributed by atoms with Gasteiger partial charge in [0.25, 0.3) is 0 Å². The second kappa shape index (κ2) is 7.94. The minimum atomic E-state index is -0.402. The molecule has 29 heavy (non-hydrogen) atoms. The first kappa shape index (κ1) is 19.6. The zero-order valence-corrected chi connectivity index (χ0v) is 17.3. The van der Waals surface area contributed by atoms with Crippen molar-refractivity contribution >= 4 is 34.2 Å². The summed E-state index contributed by atoms with van der Waals surface area (Å²) >= 11 is 1.36. The molecule has 2 aliphatic rings. The predicted octanol–water partition coefficient (Wildman–Crippen LogP) is 3.24. The standard InChI is InChI=1S/C21H23N3O4S/c1-12-18(13-7-9-14(28-2)10-8-13)23-21(29-12)22-17(25)11-24-19(26)15-5-3-4-6-16(15)20(24)27/h7-10,15-16H,3-6,11H2,1-2H3,(H,22,23,25)/t15-,16-/m0/s1. The molecule has 152 valence electrons. The lowest BCUT2D eigenvalue weighted by atomic mass is 9.81. The zero-order valence-electron chi connectivity index (χ0n) is 16.4. The summed E-state index contributed by atoms with van der Waals surface area (Å²) in [5, 5.41) is 3.20. The van der Waals surface area contributed by atoms with E-state index in [0.717, 1.165) is 52.5 Å². The Morgan fingerprint density at radius 2 is 1.79 bits per heavy atom. The lowest BCUT2D eigenvalue weighted by Crippen LogP contribution is -2.38. The molecule has 0 bridgehead atoms. The van der Waals surface area contributed by atoms with Crippen LogP contribution >= 0.6 is 11.3 Å². The summed E-state index contributed by atoms with van der Waals surface area (Å²) in [6.45, 7) is 1.69. The zero-order chi connectivity index (χ0) is 20.5. The summed E-state index contributed by atoms with van der Waals surface area (Å²) in [7, 11) is 1.61. The molecule has 1 aromatic carbocycles. The van der Waals surface area contributed by atoms with Crippen molar-refractivity contribution in [2.45, 2.75) is 32.6 Å². The number of nitrogens with one attached hydrogen (secondary N) is 1. The van der Waals surface area contributed by atoms with Crippen LogP contribution in [-0.4, -0.2) is 41.3 Å². The van der Waals surface area contributed by atoms with Crippen LogP contribution in [0.2, 0.25) is 0 Å². The first-order valence-corrected chi connectivity index (χ1v) is 10.6. The summed E-state index contributed by atoms with van der Waals surface area (Å²) in [4.78, 5) is 44.2. The largest absolute Gasteiger partial charge is 0.497 e. The number of rotatable bonds is 5. The Kier molecular flexibility index (Phi) is 5.36. The van der Waals surface area contributed by atoms with E-state index in [2.05, 4.69) is 10.3 Å². The number of carbonyl (C=O) groups is 3. The number of aryl methyl sites for hydroxylation is 1. The molecule has 1 N–H and O–H groups in total. The van der Waals surface area contributed by atoms with Gasteiger partial charge in [-0.15, -0.1) is 11.3 Å². The number of aromatic nitrogens is 1. The van der Waals surface area contributed by atoms with Crippen LogP contribution < -0.4 is 10.1 Å². The maximum Gasteiger partial charge on any atom is 0.246 e. The highest BCUT2D eigenvalue weighted by Crippen LogP contribution is 2.38. The average Bonchev–Trinajstić information content (AvgIpc) is 3.21. The molecule has 3 amide bonds. The van der Waals surface area contributed by atoms with Crippen molar-refractivity contribution in [2.75, 3.05) is 19.0 Å². The van der Waals surface area contributed by atoms with Crippen molar-refractivity contribution < 1.29 is 19.1 Å². The maximum atomic E-state index is 12.5.